The van der Waals surface area contributed by atoms with Crippen LogP contribution in [0.25, 0.3) is 0 Å². The lowest BCUT2D eigenvalue weighted by Gasteiger charge is -2.26. The van der Waals surface area contributed by atoms with Crippen molar-refractivity contribution < 1.29 is 0 Å². The fraction of sp³-hybridized carbons (Fsp3) is 0.333. The largest absolute Gasteiger partial charge is 0.330 e. The van der Waals surface area contributed by atoms with Gasteiger partial charge in [0.15, 0.2) is 0 Å². The molecule has 1 aromatic carbocycles. The summed E-state index contributed by atoms with van der Waals surface area (Å²) in [6.07, 6.45) is 6.01. The number of hydrogen-bond acceptors (Lipinski definition) is 1. The molecule has 0 aromatic heterocycles. The molecule has 1 heteroatoms. The van der Waals surface area contributed by atoms with Crippen LogP contribution in [-0.2, 0) is 5.41 Å². The molecule has 0 aliphatic rings. The molecule has 0 bridgehead atoms. The molecular formula is C12H15N. The van der Waals surface area contributed by atoms with E-state index in [1.54, 1.807) is 0 Å². The number of rotatable bonds is 3. The maximum absolute atomic E-state index is 5.73. The normalized spacial score (nSPS) is 14.5. The van der Waals surface area contributed by atoms with Gasteiger partial charge in [0.2, 0.25) is 0 Å². The molecule has 0 saturated carbocycles. The standard InChI is InChI=1S/C12H15N/c1-3-9-12(2,10-13)11-7-5-4-6-8-11/h1,4-8H,9-10,13H2,2H3. The molecule has 0 aliphatic heterocycles. The number of benzene rings is 1. The highest BCUT2D eigenvalue weighted by Gasteiger charge is 2.23. The van der Waals surface area contributed by atoms with Gasteiger partial charge < -0.3 is 5.73 Å². The van der Waals surface area contributed by atoms with Crippen molar-refractivity contribution >= 4 is 0 Å². The van der Waals surface area contributed by atoms with E-state index in [-0.39, 0.29) is 5.41 Å². The zero-order valence-corrected chi connectivity index (χ0v) is 7.96. The second kappa shape index (κ2) is 4.11. The molecule has 0 aliphatic carbocycles. The highest BCUT2D eigenvalue weighted by Crippen LogP contribution is 2.25. The number of hydrogen-bond donors (Lipinski definition) is 1. The van der Waals surface area contributed by atoms with Gasteiger partial charge in [-0.25, -0.2) is 0 Å². The Kier molecular flexibility index (Phi) is 3.11. The van der Waals surface area contributed by atoms with E-state index < -0.39 is 0 Å². The third-order valence-electron chi connectivity index (χ3n) is 2.41. The lowest BCUT2D eigenvalue weighted by molar-refractivity contribution is 0.498. The molecule has 0 fully saturated rings. The van der Waals surface area contributed by atoms with E-state index in [2.05, 4.69) is 25.0 Å². The van der Waals surface area contributed by atoms with Crippen molar-refractivity contribution in [1.82, 2.24) is 0 Å². The van der Waals surface area contributed by atoms with Gasteiger partial charge in [0.05, 0.1) is 0 Å². The molecule has 2 N–H and O–H groups in total. The molecule has 0 radical (unpaired) electrons. The smallest absolute Gasteiger partial charge is 0.0193 e. The Bertz CT molecular complexity index is 297. The second-order valence-corrected chi connectivity index (χ2v) is 3.51. The fourth-order valence-corrected chi connectivity index (χ4v) is 1.36. The third kappa shape index (κ3) is 2.11. The molecule has 1 atom stereocenters. The Morgan fingerprint density at radius 2 is 2.00 bits per heavy atom. The lowest BCUT2D eigenvalue weighted by Crippen LogP contribution is -2.31. The summed E-state index contributed by atoms with van der Waals surface area (Å²) in [5.41, 5.74) is 6.87. The molecule has 68 valence electrons. The van der Waals surface area contributed by atoms with E-state index in [1.807, 2.05) is 18.2 Å². The monoisotopic (exact) mass is 173 g/mol. The molecule has 0 saturated heterocycles. The van der Waals surface area contributed by atoms with Gasteiger partial charge in [-0.3, -0.25) is 0 Å². The Morgan fingerprint density at radius 3 is 2.46 bits per heavy atom. The van der Waals surface area contributed by atoms with E-state index in [0.717, 1.165) is 0 Å². The van der Waals surface area contributed by atoms with Gasteiger partial charge >= 0.3 is 0 Å². The maximum Gasteiger partial charge on any atom is 0.0193 e. The average Bonchev–Trinajstić information content (AvgIpc) is 2.19. The van der Waals surface area contributed by atoms with Crippen LogP contribution < -0.4 is 5.73 Å². The van der Waals surface area contributed by atoms with Gasteiger partial charge in [-0.2, -0.15) is 0 Å². The Labute approximate surface area is 80.0 Å². The molecule has 1 aromatic rings. The lowest BCUT2D eigenvalue weighted by atomic mass is 9.80. The Hall–Kier alpha value is -1.26. The zero-order valence-electron chi connectivity index (χ0n) is 7.96. The fourth-order valence-electron chi connectivity index (χ4n) is 1.36. The van der Waals surface area contributed by atoms with Crippen LogP contribution in [0.5, 0.6) is 0 Å². The van der Waals surface area contributed by atoms with E-state index in [0.29, 0.717) is 13.0 Å². The summed E-state index contributed by atoms with van der Waals surface area (Å²) in [6, 6.07) is 10.2. The first-order chi connectivity index (χ1) is 6.23. The highest BCUT2D eigenvalue weighted by molar-refractivity contribution is 5.26. The van der Waals surface area contributed by atoms with Gasteiger partial charge in [0, 0.05) is 18.4 Å². The first kappa shape index (κ1) is 9.83. The minimum absolute atomic E-state index is 0.0734. The Balaban J connectivity index is 2.97. The van der Waals surface area contributed by atoms with Gasteiger partial charge in [0.1, 0.15) is 0 Å². The zero-order chi connectivity index (χ0) is 9.73. The van der Waals surface area contributed by atoms with E-state index in [1.165, 1.54) is 5.56 Å². The minimum Gasteiger partial charge on any atom is -0.330 e. The summed E-state index contributed by atoms with van der Waals surface area (Å²) in [4.78, 5) is 0. The van der Waals surface area contributed by atoms with Crippen LogP contribution in [0.3, 0.4) is 0 Å². The molecule has 0 heterocycles. The van der Waals surface area contributed by atoms with Gasteiger partial charge in [0.25, 0.3) is 0 Å². The summed E-state index contributed by atoms with van der Waals surface area (Å²) >= 11 is 0. The van der Waals surface area contributed by atoms with Gasteiger partial charge in [-0.15, -0.1) is 12.3 Å². The van der Waals surface area contributed by atoms with Crippen molar-refractivity contribution in [2.75, 3.05) is 6.54 Å². The first-order valence-corrected chi connectivity index (χ1v) is 4.42. The van der Waals surface area contributed by atoms with Gasteiger partial charge in [-0.05, 0) is 5.56 Å². The van der Waals surface area contributed by atoms with E-state index in [4.69, 9.17) is 12.2 Å². The summed E-state index contributed by atoms with van der Waals surface area (Å²) < 4.78 is 0. The minimum atomic E-state index is -0.0734. The summed E-state index contributed by atoms with van der Waals surface area (Å²) in [5.74, 6) is 2.68. The van der Waals surface area contributed by atoms with E-state index in [9.17, 15) is 0 Å². The van der Waals surface area contributed by atoms with Gasteiger partial charge in [-0.1, -0.05) is 37.3 Å². The average molecular weight is 173 g/mol. The molecule has 13 heavy (non-hydrogen) atoms. The van der Waals surface area contributed by atoms with Crippen molar-refractivity contribution in [1.29, 1.82) is 0 Å². The summed E-state index contributed by atoms with van der Waals surface area (Å²) in [7, 11) is 0. The van der Waals surface area contributed by atoms with Crippen molar-refractivity contribution in [2.45, 2.75) is 18.8 Å². The van der Waals surface area contributed by atoms with E-state index >= 15 is 0 Å². The predicted molar refractivity (Wildman–Crippen MR) is 56.3 cm³/mol. The molecule has 1 rings (SSSR count). The highest BCUT2D eigenvalue weighted by atomic mass is 14.6. The van der Waals surface area contributed by atoms with Crippen LogP contribution in [0.2, 0.25) is 0 Å². The van der Waals surface area contributed by atoms with Crippen molar-refractivity contribution in [3.8, 4) is 12.3 Å². The maximum atomic E-state index is 5.73. The quantitative estimate of drug-likeness (QED) is 0.694. The topological polar surface area (TPSA) is 26.0 Å². The predicted octanol–water partition coefficient (Wildman–Crippen LogP) is 1.93. The van der Waals surface area contributed by atoms with Crippen molar-refractivity contribution in [2.24, 2.45) is 5.73 Å². The first-order valence-electron chi connectivity index (χ1n) is 4.42. The molecule has 1 unspecified atom stereocenters. The second-order valence-electron chi connectivity index (χ2n) is 3.51. The van der Waals surface area contributed by atoms with Crippen LogP contribution in [0.4, 0.5) is 0 Å². The van der Waals surface area contributed by atoms with Crippen LogP contribution in [0, 0.1) is 12.3 Å². The number of nitrogens with two attached hydrogens (primary N) is 1. The van der Waals surface area contributed by atoms with Crippen molar-refractivity contribution in [3.05, 3.63) is 35.9 Å². The third-order valence-corrected chi connectivity index (χ3v) is 2.41. The van der Waals surface area contributed by atoms with Crippen LogP contribution in [0.1, 0.15) is 18.9 Å². The molecule has 1 nitrogen and oxygen atoms in total. The number of terminal acetylenes is 1. The summed E-state index contributed by atoms with van der Waals surface area (Å²) in [6.45, 7) is 2.68. The van der Waals surface area contributed by atoms with Crippen LogP contribution in [-0.4, -0.2) is 6.54 Å². The van der Waals surface area contributed by atoms with Crippen LogP contribution in [0.15, 0.2) is 30.3 Å². The molecule has 0 spiro atoms. The Morgan fingerprint density at radius 1 is 1.38 bits per heavy atom. The molecule has 0 amide bonds. The van der Waals surface area contributed by atoms with Crippen LogP contribution >= 0.6 is 0 Å². The van der Waals surface area contributed by atoms with Crippen molar-refractivity contribution in [3.63, 3.8) is 0 Å². The SMILES string of the molecule is C#CCC(C)(CN)c1ccccc1. The molecular weight excluding hydrogens is 158 g/mol. The summed E-state index contributed by atoms with van der Waals surface area (Å²) in [5, 5.41) is 0.